The highest BCUT2D eigenvalue weighted by Crippen LogP contribution is 2.42. The number of hydrogen-bond donors (Lipinski definition) is 1. The highest BCUT2D eigenvalue weighted by molar-refractivity contribution is 5.81. The number of carboxylic acids is 1. The average Bonchev–Trinajstić information content (AvgIpc) is 2.64. The van der Waals surface area contributed by atoms with Crippen molar-refractivity contribution in [2.24, 2.45) is 23.7 Å². The summed E-state index contributed by atoms with van der Waals surface area (Å²) in [6.07, 6.45) is 13.7. The molecule has 0 aromatic heterocycles. The van der Waals surface area contributed by atoms with Crippen molar-refractivity contribution in [2.75, 3.05) is 6.61 Å². The molecule has 0 aromatic carbocycles. The summed E-state index contributed by atoms with van der Waals surface area (Å²) in [4.78, 5) is 25.1. The topological polar surface area (TPSA) is 63.6 Å². The van der Waals surface area contributed by atoms with E-state index in [9.17, 15) is 14.7 Å². The number of rotatable bonds is 9. The van der Waals surface area contributed by atoms with Gasteiger partial charge in [-0.2, -0.15) is 0 Å². The first-order valence-corrected chi connectivity index (χ1v) is 10.5. The van der Waals surface area contributed by atoms with Gasteiger partial charge >= 0.3 is 11.9 Å². The molecule has 0 aromatic rings. The Kier molecular flexibility index (Phi) is 8.77. The lowest BCUT2D eigenvalue weighted by atomic mass is 9.67. The summed E-state index contributed by atoms with van der Waals surface area (Å²) in [5.41, 5.74) is 0. The third kappa shape index (κ3) is 6.00. The van der Waals surface area contributed by atoms with Gasteiger partial charge in [0.05, 0.1) is 18.4 Å². The van der Waals surface area contributed by atoms with Gasteiger partial charge in [0.2, 0.25) is 0 Å². The SMILES string of the molecule is CCCCCOC(=O)[C@H](C1CCCCC1)[C@@H](C(=O)O)C1CCCCC1. The molecule has 1 N–H and O–H groups in total. The summed E-state index contributed by atoms with van der Waals surface area (Å²) in [5, 5.41) is 9.98. The van der Waals surface area contributed by atoms with Crippen molar-refractivity contribution in [3.8, 4) is 0 Å². The molecule has 0 radical (unpaired) electrons. The smallest absolute Gasteiger partial charge is 0.310 e. The standard InChI is InChI=1S/C21H36O4/c1-2-3-10-15-25-21(24)19(17-13-8-5-9-14-17)18(20(22)23)16-11-6-4-7-12-16/h16-19H,2-15H2,1H3,(H,22,23)/t18-,19+/m0/s1. The number of carbonyl (C=O) groups excluding carboxylic acids is 1. The van der Waals surface area contributed by atoms with Crippen molar-refractivity contribution in [3.63, 3.8) is 0 Å². The van der Waals surface area contributed by atoms with Gasteiger partial charge in [-0.25, -0.2) is 0 Å². The molecule has 2 saturated carbocycles. The molecule has 2 fully saturated rings. The van der Waals surface area contributed by atoms with Crippen LogP contribution in [0.25, 0.3) is 0 Å². The van der Waals surface area contributed by atoms with E-state index in [0.29, 0.717) is 6.61 Å². The first-order chi connectivity index (χ1) is 12.1. The fourth-order valence-electron chi connectivity index (χ4n) is 4.89. The van der Waals surface area contributed by atoms with E-state index < -0.39 is 17.8 Å². The molecule has 4 nitrogen and oxygen atoms in total. The molecule has 2 atom stereocenters. The Morgan fingerprint density at radius 1 is 0.880 bits per heavy atom. The summed E-state index contributed by atoms with van der Waals surface area (Å²) in [7, 11) is 0. The second-order valence-electron chi connectivity index (χ2n) is 8.06. The van der Waals surface area contributed by atoms with E-state index in [1.165, 1.54) is 12.8 Å². The Morgan fingerprint density at radius 3 is 1.88 bits per heavy atom. The zero-order chi connectivity index (χ0) is 18.1. The van der Waals surface area contributed by atoms with Gasteiger partial charge in [0.1, 0.15) is 0 Å². The molecule has 0 spiro atoms. The Bertz CT molecular complexity index is 408. The average molecular weight is 353 g/mol. The molecular weight excluding hydrogens is 316 g/mol. The highest BCUT2D eigenvalue weighted by Gasteiger charge is 2.44. The molecule has 2 aliphatic rings. The van der Waals surface area contributed by atoms with Crippen LogP contribution in [-0.2, 0) is 14.3 Å². The Hall–Kier alpha value is -1.06. The maximum absolute atomic E-state index is 12.9. The number of carboxylic acid groups (broad SMARTS) is 1. The number of esters is 1. The van der Waals surface area contributed by atoms with Crippen LogP contribution in [-0.4, -0.2) is 23.7 Å². The van der Waals surface area contributed by atoms with Crippen molar-refractivity contribution in [3.05, 3.63) is 0 Å². The van der Waals surface area contributed by atoms with Crippen molar-refractivity contribution < 1.29 is 19.4 Å². The minimum atomic E-state index is -0.784. The molecule has 0 aliphatic heterocycles. The maximum atomic E-state index is 12.9. The van der Waals surface area contributed by atoms with Crippen molar-refractivity contribution >= 4 is 11.9 Å². The lowest BCUT2D eigenvalue weighted by molar-refractivity contribution is -0.164. The molecule has 2 rings (SSSR count). The quantitative estimate of drug-likeness (QED) is 0.458. The summed E-state index contributed by atoms with van der Waals surface area (Å²) >= 11 is 0. The predicted octanol–water partition coefficient (Wildman–Crippen LogP) is 5.20. The lowest BCUT2D eigenvalue weighted by Gasteiger charge is -2.37. The van der Waals surface area contributed by atoms with Crippen LogP contribution in [0.15, 0.2) is 0 Å². The van der Waals surface area contributed by atoms with Crippen molar-refractivity contribution in [2.45, 2.75) is 90.4 Å². The number of carbonyl (C=O) groups is 2. The van der Waals surface area contributed by atoms with Crippen LogP contribution in [0, 0.1) is 23.7 Å². The number of ether oxygens (including phenoxy) is 1. The zero-order valence-electron chi connectivity index (χ0n) is 15.9. The molecule has 144 valence electrons. The number of hydrogen-bond acceptors (Lipinski definition) is 3. The van der Waals surface area contributed by atoms with Crippen LogP contribution in [0.1, 0.15) is 90.4 Å². The molecule has 0 bridgehead atoms. The van der Waals surface area contributed by atoms with Gasteiger partial charge in [-0.15, -0.1) is 0 Å². The minimum absolute atomic E-state index is 0.140. The Morgan fingerprint density at radius 2 is 1.40 bits per heavy atom. The first-order valence-electron chi connectivity index (χ1n) is 10.5. The monoisotopic (exact) mass is 352 g/mol. The van der Waals surface area contributed by atoms with Gasteiger partial charge in [-0.3, -0.25) is 9.59 Å². The van der Waals surface area contributed by atoms with Crippen LogP contribution >= 0.6 is 0 Å². The minimum Gasteiger partial charge on any atom is -0.481 e. The first kappa shape index (κ1) is 20.3. The van der Waals surface area contributed by atoms with E-state index in [-0.39, 0.29) is 17.8 Å². The largest absolute Gasteiger partial charge is 0.481 e. The summed E-state index contributed by atoms with van der Waals surface area (Å²) in [5.74, 6) is -1.68. The third-order valence-corrected chi connectivity index (χ3v) is 6.25. The van der Waals surface area contributed by atoms with Crippen LogP contribution in [0.4, 0.5) is 0 Å². The van der Waals surface area contributed by atoms with Crippen molar-refractivity contribution in [1.29, 1.82) is 0 Å². The molecule has 0 unspecified atom stereocenters. The maximum Gasteiger partial charge on any atom is 0.310 e. The fraction of sp³-hybridized carbons (Fsp3) is 0.905. The van der Waals surface area contributed by atoms with E-state index in [1.807, 2.05) is 0 Å². The molecule has 0 amide bonds. The lowest BCUT2D eigenvalue weighted by Crippen LogP contribution is -2.42. The van der Waals surface area contributed by atoms with Gasteiger partial charge in [0.25, 0.3) is 0 Å². The van der Waals surface area contributed by atoms with E-state index in [2.05, 4.69) is 6.92 Å². The summed E-state index contributed by atoms with van der Waals surface area (Å²) in [6, 6.07) is 0. The van der Waals surface area contributed by atoms with Gasteiger partial charge in [-0.1, -0.05) is 58.3 Å². The zero-order valence-corrected chi connectivity index (χ0v) is 15.9. The van der Waals surface area contributed by atoms with Gasteiger partial charge in [0, 0.05) is 0 Å². The van der Waals surface area contributed by atoms with E-state index in [1.54, 1.807) is 0 Å². The Balaban J connectivity index is 2.11. The van der Waals surface area contributed by atoms with Gasteiger partial charge in [-0.05, 0) is 43.9 Å². The van der Waals surface area contributed by atoms with E-state index in [4.69, 9.17) is 4.74 Å². The molecule has 25 heavy (non-hydrogen) atoms. The predicted molar refractivity (Wildman–Crippen MR) is 98.2 cm³/mol. The molecule has 2 aliphatic carbocycles. The van der Waals surface area contributed by atoms with Crippen LogP contribution < -0.4 is 0 Å². The van der Waals surface area contributed by atoms with Gasteiger partial charge in [0.15, 0.2) is 0 Å². The summed E-state index contributed by atoms with van der Waals surface area (Å²) < 4.78 is 5.58. The van der Waals surface area contributed by atoms with E-state index in [0.717, 1.165) is 70.6 Å². The fourth-order valence-corrected chi connectivity index (χ4v) is 4.89. The van der Waals surface area contributed by atoms with Crippen LogP contribution in [0.5, 0.6) is 0 Å². The second kappa shape index (κ2) is 10.8. The Labute approximate surface area is 152 Å². The highest BCUT2D eigenvalue weighted by atomic mass is 16.5. The second-order valence-corrected chi connectivity index (χ2v) is 8.06. The number of aliphatic carboxylic acids is 1. The summed E-state index contributed by atoms with van der Waals surface area (Å²) in [6.45, 7) is 2.56. The number of unbranched alkanes of at least 4 members (excludes halogenated alkanes) is 2. The third-order valence-electron chi connectivity index (χ3n) is 6.25. The van der Waals surface area contributed by atoms with Crippen molar-refractivity contribution in [1.82, 2.24) is 0 Å². The van der Waals surface area contributed by atoms with E-state index >= 15 is 0 Å². The molecule has 4 heteroatoms. The molecule has 0 saturated heterocycles. The normalized spacial score (nSPS) is 22.3. The van der Waals surface area contributed by atoms with Crippen LogP contribution in [0.3, 0.4) is 0 Å². The molecule has 0 heterocycles. The van der Waals surface area contributed by atoms with Crippen LogP contribution in [0.2, 0.25) is 0 Å². The molecular formula is C21H36O4. The van der Waals surface area contributed by atoms with Gasteiger partial charge < -0.3 is 9.84 Å².